The molecule has 0 radical (unpaired) electrons. The highest BCUT2D eigenvalue weighted by Crippen LogP contribution is 2.26. The normalized spacial score (nSPS) is 10.9. The maximum Gasteiger partial charge on any atom is 0.263 e. The predicted octanol–water partition coefficient (Wildman–Crippen LogP) is 3.80. The van der Waals surface area contributed by atoms with Crippen LogP contribution in [0.5, 0.6) is 5.75 Å². The fourth-order valence-electron chi connectivity index (χ4n) is 2.35. The van der Waals surface area contributed by atoms with Crippen molar-refractivity contribution in [2.45, 2.75) is 6.61 Å². The smallest absolute Gasteiger partial charge is 0.263 e. The topological polar surface area (TPSA) is 63.9 Å². The lowest BCUT2D eigenvalue weighted by atomic mass is 10.2. The van der Waals surface area contributed by atoms with E-state index in [1.807, 2.05) is 54.6 Å². The molecule has 5 nitrogen and oxygen atoms in total. The van der Waals surface area contributed by atoms with Gasteiger partial charge in [-0.05, 0) is 29.8 Å². The molecule has 5 heteroatoms. The molecule has 0 saturated heterocycles. The summed E-state index contributed by atoms with van der Waals surface area (Å²) in [5.74, 6) is 1.30. The zero-order valence-corrected chi connectivity index (χ0v) is 11.7. The third kappa shape index (κ3) is 2.44. The van der Waals surface area contributed by atoms with Crippen LogP contribution in [0.4, 0.5) is 0 Å². The number of hydrogen-bond donors (Lipinski definition) is 1. The first-order chi connectivity index (χ1) is 10.9. The van der Waals surface area contributed by atoms with E-state index in [9.17, 15) is 0 Å². The van der Waals surface area contributed by atoms with Crippen LogP contribution in [0.25, 0.3) is 22.5 Å². The molecule has 2 heterocycles. The second-order valence-corrected chi connectivity index (χ2v) is 4.95. The molecule has 2 aromatic carbocycles. The number of ether oxygens (including phenoxy) is 1. The van der Waals surface area contributed by atoms with Crippen LogP contribution in [0.2, 0.25) is 0 Å². The second kappa shape index (κ2) is 5.37. The number of fused-ring (bicyclic) bond motifs is 1. The molecule has 0 amide bonds. The van der Waals surface area contributed by atoms with Crippen molar-refractivity contribution in [2.75, 3.05) is 0 Å². The molecule has 4 aromatic rings. The molecule has 2 aromatic heterocycles. The van der Waals surface area contributed by atoms with Crippen molar-refractivity contribution >= 4 is 10.9 Å². The number of H-pyrrole nitrogens is 1. The molecule has 0 saturated carbocycles. The van der Waals surface area contributed by atoms with Crippen LogP contribution in [-0.4, -0.2) is 15.2 Å². The summed E-state index contributed by atoms with van der Waals surface area (Å²) in [5.41, 5.74) is 2.94. The van der Waals surface area contributed by atoms with E-state index < -0.39 is 0 Å². The van der Waals surface area contributed by atoms with Gasteiger partial charge in [-0.1, -0.05) is 30.3 Å². The van der Waals surface area contributed by atoms with Gasteiger partial charge >= 0.3 is 0 Å². The Hall–Kier alpha value is -3.08. The van der Waals surface area contributed by atoms with Crippen LogP contribution in [0.1, 0.15) is 5.56 Å². The van der Waals surface area contributed by atoms with Gasteiger partial charge in [0.15, 0.2) is 0 Å². The number of aromatic amines is 1. The predicted molar refractivity (Wildman–Crippen MR) is 82.4 cm³/mol. The largest absolute Gasteiger partial charge is 0.489 e. The van der Waals surface area contributed by atoms with Gasteiger partial charge < -0.3 is 14.1 Å². The van der Waals surface area contributed by atoms with E-state index in [0.29, 0.717) is 12.5 Å². The van der Waals surface area contributed by atoms with Gasteiger partial charge in [0.2, 0.25) is 6.39 Å². The van der Waals surface area contributed by atoms with E-state index in [0.717, 1.165) is 27.9 Å². The van der Waals surface area contributed by atoms with Gasteiger partial charge in [0.05, 0.1) is 0 Å². The molecule has 1 N–H and O–H groups in total. The van der Waals surface area contributed by atoms with Crippen molar-refractivity contribution < 1.29 is 9.15 Å². The molecular weight excluding hydrogens is 278 g/mol. The Labute approximate surface area is 126 Å². The van der Waals surface area contributed by atoms with E-state index >= 15 is 0 Å². The van der Waals surface area contributed by atoms with Gasteiger partial charge in [0.1, 0.15) is 18.1 Å². The lowest BCUT2D eigenvalue weighted by Gasteiger charge is -2.06. The Bertz CT molecular complexity index is 883. The fourth-order valence-corrected chi connectivity index (χ4v) is 2.35. The summed E-state index contributed by atoms with van der Waals surface area (Å²) in [4.78, 5) is 3.25. The molecule has 0 atom stereocenters. The summed E-state index contributed by atoms with van der Waals surface area (Å²) in [6, 6.07) is 18.0. The lowest BCUT2D eigenvalue weighted by Crippen LogP contribution is -1.94. The first-order valence-corrected chi connectivity index (χ1v) is 6.94. The van der Waals surface area contributed by atoms with E-state index in [4.69, 9.17) is 9.15 Å². The average Bonchev–Trinajstić information content (AvgIpc) is 3.22. The van der Waals surface area contributed by atoms with Crippen LogP contribution < -0.4 is 4.74 Å². The number of hydrogen-bond acceptors (Lipinski definition) is 4. The maximum atomic E-state index is 5.83. The van der Waals surface area contributed by atoms with Gasteiger partial charge in [0, 0.05) is 10.9 Å². The maximum absolute atomic E-state index is 5.83. The van der Waals surface area contributed by atoms with E-state index in [-0.39, 0.29) is 0 Å². The minimum atomic E-state index is 0.475. The summed E-state index contributed by atoms with van der Waals surface area (Å²) in [5, 5.41) is 8.63. The van der Waals surface area contributed by atoms with Gasteiger partial charge in [-0.3, -0.25) is 0 Å². The molecular formula is C17H13N3O2. The van der Waals surface area contributed by atoms with Crippen molar-refractivity contribution in [2.24, 2.45) is 0 Å². The molecule has 0 spiro atoms. The van der Waals surface area contributed by atoms with E-state index in [2.05, 4.69) is 15.2 Å². The molecule has 0 aliphatic rings. The third-order valence-electron chi connectivity index (χ3n) is 3.43. The van der Waals surface area contributed by atoms with Gasteiger partial charge in [-0.2, -0.15) is 0 Å². The van der Waals surface area contributed by atoms with E-state index in [1.54, 1.807) is 0 Å². The first kappa shape index (κ1) is 12.6. The zero-order valence-electron chi connectivity index (χ0n) is 11.7. The monoisotopic (exact) mass is 291 g/mol. The summed E-state index contributed by atoms with van der Waals surface area (Å²) in [7, 11) is 0. The summed E-state index contributed by atoms with van der Waals surface area (Å²) in [6.45, 7) is 0.549. The summed E-state index contributed by atoms with van der Waals surface area (Å²) in [6.07, 6.45) is 1.31. The van der Waals surface area contributed by atoms with Crippen molar-refractivity contribution in [3.05, 3.63) is 66.6 Å². The van der Waals surface area contributed by atoms with E-state index in [1.165, 1.54) is 6.39 Å². The van der Waals surface area contributed by atoms with Crippen molar-refractivity contribution in [1.29, 1.82) is 0 Å². The Morgan fingerprint density at radius 2 is 1.95 bits per heavy atom. The van der Waals surface area contributed by atoms with Gasteiger partial charge in [-0.15, -0.1) is 10.2 Å². The SMILES string of the molecule is c1ccc(COc2ccc3[nH]c(-c4nnco4)cc3c2)cc1. The molecule has 0 aliphatic carbocycles. The van der Waals surface area contributed by atoms with Crippen LogP contribution in [0, 0.1) is 0 Å². The molecule has 22 heavy (non-hydrogen) atoms. The zero-order chi connectivity index (χ0) is 14.8. The van der Waals surface area contributed by atoms with Gasteiger partial charge in [-0.25, -0.2) is 0 Å². The van der Waals surface area contributed by atoms with Gasteiger partial charge in [0.25, 0.3) is 5.89 Å². The standard InChI is InChI=1S/C17H13N3O2/c1-2-4-12(5-3-1)10-21-14-6-7-15-13(8-14)9-16(19-15)17-20-18-11-22-17/h1-9,11,19H,10H2. The minimum Gasteiger partial charge on any atom is -0.489 e. The summed E-state index contributed by atoms with van der Waals surface area (Å²) >= 11 is 0. The number of benzene rings is 2. The van der Waals surface area contributed by atoms with Crippen LogP contribution in [-0.2, 0) is 6.61 Å². The number of aromatic nitrogens is 3. The molecule has 0 unspecified atom stereocenters. The molecule has 0 aliphatic heterocycles. The number of nitrogens with zero attached hydrogens (tertiary/aromatic N) is 2. The molecule has 108 valence electrons. The average molecular weight is 291 g/mol. The second-order valence-electron chi connectivity index (χ2n) is 4.95. The van der Waals surface area contributed by atoms with Crippen molar-refractivity contribution in [1.82, 2.24) is 15.2 Å². The number of nitrogens with one attached hydrogen (secondary N) is 1. The van der Waals surface area contributed by atoms with Crippen LogP contribution in [0.15, 0.2) is 65.4 Å². The molecule has 4 rings (SSSR count). The van der Waals surface area contributed by atoms with Crippen LogP contribution >= 0.6 is 0 Å². The molecule has 0 bridgehead atoms. The highest BCUT2D eigenvalue weighted by molar-refractivity contribution is 5.85. The summed E-state index contributed by atoms with van der Waals surface area (Å²) < 4.78 is 11.0. The van der Waals surface area contributed by atoms with Crippen molar-refractivity contribution in [3.8, 4) is 17.3 Å². The fraction of sp³-hybridized carbons (Fsp3) is 0.0588. The first-order valence-electron chi connectivity index (χ1n) is 6.94. The van der Waals surface area contributed by atoms with Crippen molar-refractivity contribution in [3.63, 3.8) is 0 Å². The lowest BCUT2D eigenvalue weighted by molar-refractivity contribution is 0.306. The van der Waals surface area contributed by atoms with Crippen LogP contribution in [0.3, 0.4) is 0 Å². The Morgan fingerprint density at radius 3 is 2.77 bits per heavy atom. The third-order valence-corrected chi connectivity index (χ3v) is 3.43. The Kier molecular flexibility index (Phi) is 3.08. The number of rotatable bonds is 4. The Morgan fingerprint density at radius 1 is 1.05 bits per heavy atom. The highest BCUT2D eigenvalue weighted by atomic mass is 16.5. The Balaban J connectivity index is 1.58. The minimum absolute atomic E-state index is 0.475. The molecule has 0 fully saturated rings. The highest BCUT2D eigenvalue weighted by Gasteiger charge is 2.08. The quantitative estimate of drug-likeness (QED) is 0.621.